The molecule has 29 heavy (non-hydrogen) atoms. The van der Waals surface area contributed by atoms with Crippen molar-refractivity contribution in [2.24, 2.45) is 0 Å². The molecule has 150 valence electrons. The summed E-state index contributed by atoms with van der Waals surface area (Å²) >= 11 is 0. The maximum absolute atomic E-state index is 12.8. The number of rotatable bonds is 5. The molecule has 7 nitrogen and oxygen atoms in total. The van der Waals surface area contributed by atoms with Crippen molar-refractivity contribution in [2.45, 2.75) is 23.7 Å². The molecule has 0 spiro atoms. The molecule has 8 heteroatoms. The second-order valence-corrected chi connectivity index (χ2v) is 8.89. The van der Waals surface area contributed by atoms with Crippen LogP contribution in [0.5, 0.6) is 0 Å². The van der Waals surface area contributed by atoms with Crippen LogP contribution in [-0.4, -0.2) is 49.2 Å². The third-order valence-electron chi connectivity index (χ3n) is 4.75. The van der Waals surface area contributed by atoms with Crippen molar-refractivity contribution in [3.63, 3.8) is 0 Å². The molecule has 2 aromatic heterocycles. The molecule has 0 aliphatic carbocycles. The average molecular weight is 410 g/mol. The monoisotopic (exact) mass is 410 g/mol. The zero-order chi connectivity index (χ0) is 20.3. The van der Waals surface area contributed by atoms with E-state index in [4.69, 9.17) is 9.72 Å². The van der Waals surface area contributed by atoms with Crippen LogP contribution in [-0.2, 0) is 20.3 Å². The van der Waals surface area contributed by atoms with Crippen molar-refractivity contribution in [1.29, 1.82) is 0 Å². The van der Waals surface area contributed by atoms with Gasteiger partial charge in [0.2, 0.25) is 9.84 Å². The van der Waals surface area contributed by atoms with Crippen molar-refractivity contribution in [3.8, 4) is 11.4 Å². The summed E-state index contributed by atoms with van der Waals surface area (Å²) in [7, 11) is -3.62. The van der Waals surface area contributed by atoms with Gasteiger partial charge in [0, 0.05) is 24.4 Å². The van der Waals surface area contributed by atoms with E-state index in [2.05, 4.69) is 21.8 Å². The van der Waals surface area contributed by atoms with Gasteiger partial charge in [-0.3, -0.25) is 0 Å². The van der Waals surface area contributed by atoms with Gasteiger partial charge < -0.3 is 9.64 Å². The molecular formula is C21H22N4O3S. The first kappa shape index (κ1) is 19.5. The topological polar surface area (TPSA) is 85.3 Å². The van der Waals surface area contributed by atoms with Crippen LogP contribution in [0.1, 0.15) is 12.6 Å². The number of hydrogen-bond acceptors (Lipinski definition) is 7. The lowest BCUT2D eigenvalue weighted by atomic mass is 10.2. The number of aromatic nitrogens is 3. The third-order valence-corrected chi connectivity index (χ3v) is 6.31. The summed E-state index contributed by atoms with van der Waals surface area (Å²) in [6.45, 7) is 3.97. The molecule has 1 aromatic carbocycles. The van der Waals surface area contributed by atoms with E-state index in [1.54, 1.807) is 18.2 Å². The van der Waals surface area contributed by atoms with Gasteiger partial charge in [0.15, 0.2) is 10.9 Å². The van der Waals surface area contributed by atoms with E-state index >= 15 is 0 Å². The van der Waals surface area contributed by atoms with E-state index in [0.29, 0.717) is 37.1 Å². The largest absolute Gasteiger partial charge is 0.377 e. The highest BCUT2D eigenvalue weighted by molar-refractivity contribution is 7.90. The van der Waals surface area contributed by atoms with Crippen LogP contribution < -0.4 is 4.90 Å². The van der Waals surface area contributed by atoms with Gasteiger partial charge in [-0.1, -0.05) is 36.4 Å². The Balaban J connectivity index is 1.75. The predicted molar refractivity (Wildman–Crippen MR) is 110 cm³/mol. The van der Waals surface area contributed by atoms with E-state index in [-0.39, 0.29) is 16.8 Å². The Labute approximate surface area is 170 Å². The molecule has 0 bridgehead atoms. The second kappa shape index (κ2) is 8.26. The summed E-state index contributed by atoms with van der Waals surface area (Å²) < 4.78 is 31.2. The Hall–Kier alpha value is -2.84. The van der Waals surface area contributed by atoms with Gasteiger partial charge in [0.1, 0.15) is 5.82 Å². The molecule has 0 amide bonds. The summed E-state index contributed by atoms with van der Waals surface area (Å²) in [4.78, 5) is 15.4. The summed E-state index contributed by atoms with van der Waals surface area (Å²) in [6, 6.07) is 16.3. The minimum Gasteiger partial charge on any atom is -0.377 e. The summed E-state index contributed by atoms with van der Waals surface area (Å²) in [6.07, 6.45) is 1.48. The molecule has 0 saturated carbocycles. The van der Waals surface area contributed by atoms with E-state index in [9.17, 15) is 8.42 Å². The van der Waals surface area contributed by atoms with E-state index in [1.807, 2.05) is 30.3 Å². The molecule has 1 aliphatic heterocycles. The number of nitrogens with zero attached hydrogens (tertiary/aromatic N) is 4. The molecule has 0 radical (unpaired) electrons. The van der Waals surface area contributed by atoms with Gasteiger partial charge in [0.25, 0.3) is 0 Å². The van der Waals surface area contributed by atoms with Crippen LogP contribution in [0.2, 0.25) is 0 Å². The Kier molecular flexibility index (Phi) is 5.55. The maximum Gasteiger partial charge on any atom is 0.201 e. The lowest BCUT2D eigenvalue weighted by molar-refractivity contribution is 0.0985. The fourth-order valence-corrected chi connectivity index (χ4v) is 4.48. The Morgan fingerprint density at radius 2 is 1.90 bits per heavy atom. The highest BCUT2D eigenvalue weighted by Gasteiger charge is 2.24. The zero-order valence-corrected chi connectivity index (χ0v) is 16.9. The summed E-state index contributed by atoms with van der Waals surface area (Å²) in [5, 5.41) is 0.0427. The first-order chi connectivity index (χ1) is 14.0. The van der Waals surface area contributed by atoms with Gasteiger partial charge in [-0.2, -0.15) is 0 Å². The van der Waals surface area contributed by atoms with Crippen molar-refractivity contribution in [2.75, 3.05) is 24.7 Å². The fraction of sp³-hybridized carbons (Fsp3) is 0.286. The molecule has 1 saturated heterocycles. The molecule has 4 rings (SSSR count). The van der Waals surface area contributed by atoms with Gasteiger partial charge in [-0.05, 0) is 19.1 Å². The highest BCUT2D eigenvalue weighted by atomic mass is 32.2. The quantitative estimate of drug-likeness (QED) is 0.639. The molecule has 3 aromatic rings. The minimum atomic E-state index is -3.62. The molecule has 1 atom stereocenters. The number of pyridine rings is 1. The first-order valence-electron chi connectivity index (χ1n) is 9.44. The number of benzene rings is 1. The van der Waals surface area contributed by atoms with Crippen molar-refractivity contribution in [1.82, 2.24) is 15.0 Å². The number of ether oxygens (including phenoxy) is 1. The summed E-state index contributed by atoms with van der Waals surface area (Å²) in [5.74, 6) is 0.979. The van der Waals surface area contributed by atoms with Gasteiger partial charge in [0.05, 0.1) is 30.7 Å². The Morgan fingerprint density at radius 3 is 2.62 bits per heavy atom. The minimum absolute atomic E-state index is 0.0427. The second-order valence-electron chi connectivity index (χ2n) is 6.95. The van der Waals surface area contributed by atoms with Gasteiger partial charge in [-0.15, -0.1) is 0 Å². The van der Waals surface area contributed by atoms with Crippen molar-refractivity contribution in [3.05, 3.63) is 66.5 Å². The van der Waals surface area contributed by atoms with E-state index in [1.165, 1.54) is 12.3 Å². The predicted octanol–water partition coefficient (Wildman–Crippen LogP) is 2.74. The van der Waals surface area contributed by atoms with Crippen LogP contribution >= 0.6 is 0 Å². The Morgan fingerprint density at radius 1 is 1.10 bits per heavy atom. The first-order valence-corrected chi connectivity index (χ1v) is 11.1. The molecule has 1 fully saturated rings. The number of sulfone groups is 1. The molecule has 0 unspecified atom stereocenters. The lowest BCUT2D eigenvalue weighted by Crippen LogP contribution is -2.44. The lowest BCUT2D eigenvalue weighted by Gasteiger charge is -2.34. The van der Waals surface area contributed by atoms with Crippen LogP contribution in [0, 0.1) is 0 Å². The van der Waals surface area contributed by atoms with Gasteiger partial charge in [-0.25, -0.2) is 23.4 Å². The van der Waals surface area contributed by atoms with Crippen LogP contribution in [0.3, 0.4) is 0 Å². The SMILES string of the molecule is C[C@H]1COCCN1c1cc(CS(=O)(=O)c2ccccn2)nc(-c2ccccc2)n1. The van der Waals surface area contributed by atoms with Crippen LogP contribution in [0.15, 0.2) is 65.8 Å². The van der Waals surface area contributed by atoms with Crippen LogP contribution in [0.4, 0.5) is 5.82 Å². The molecular weight excluding hydrogens is 388 g/mol. The highest BCUT2D eigenvalue weighted by Crippen LogP contribution is 2.24. The summed E-state index contributed by atoms with van der Waals surface area (Å²) in [5.41, 5.74) is 1.28. The van der Waals surface area contributed by atoms with E-state index < -0.39 is 9.84 Å². The zero-order valence-electron chi connectivity index (χ0n) is 16.1. The molecule has 1 aliphatic rings. The number of hydrogen-bond donors (Lipinski definition) is 0. The average Bonchev–Trinajstić information content (AvgIpc) is 2.75. The van der Waals surface area contributed by atoms with E-state index in [0.717, 1.165) is 5.56 Å². The normalized spacial score (nSPS) is 17.3. The smallest absolute Gasteiger partial charge is 0.201 e. The number of morpholine rings is 1. The maximum atomic E-state index is 12.8. The van der Waals surface area contributed by atoms with Crippen molar-refractivity contribution >= 4 is 15.7 Å². The molecule has 3 heterocycles. The van der Waals surface area contributed by atoms with Crippen molar-refractivity contribution < 1.29 is 13.2 Å². The third kappa shape index (κ3) is 4.44. The molecule has 0 N–H and O–H groups in total. The van der Waals surface area contributed by atoms with Crippen LogP contribution in [0.25, 0.3) is 11.4 Å². The number of anilines is 1. The van der Waals surface area contributed by atoms with Gasteiger partial charge >= 0.3 is 0 Å². The Bertz CT molecular complexity index is 1080. The fourth-order valence-electron chi connectivity index (χ4n) is 3.29. The standard InChI is InChI=1S/C21H22N4O3S/c1-16-14-28-12-11-25(16)19-13-18(15-29(26,27)20-9-5-6-10-22-20)23-21(24-19)17-7-3-2-4-8-17/h2-10,13,16H,11-12,14-15H2,1H3/t16-/m0/s1.